The van der Waals surface area contributed by atoms with E-state index in [0.29, 0.717) is 16.3 Å². The molecule has 1 aromatic carbocycles. The van der Waals surface area contributed by atoms with E-state index < -0.39 is 5.82 Å². The highest BCUT2D eigenvalue weighted by Gasteiger charge is 2.10. The summed E-state index contributed by atoms with van der Waals surface area (Å²) in [7, 11) is 0. The van der Waals surface area contributed by atoms with Crippen molar-refractivity contribution in [3.8, 4) is 0 Å². The normalized spacial score (nSPS) is 10.3. The fourth-order valence-electron chi connectivity index (χ4n) is 1.64. The summed E-state index contributed by atoms with van der Waals surface area (Å²) >= 11 is 5.65. The molecule has 2 rings (SSSR count). The van der Waals surface area contributed by atoms with Crippen LogP contribution in [0.4, 0.5) is 4.39 Å². The molecule has 4 heteroatoms. The molecule has 18 heavy (non-hydrogen) atoms. The van der Waals surface area contributed by atoms with E-state index in [0.717, 1.165) is 0 Å². The summed E-state index contributed by atoms with van der Waals surface area (Å²) in [5.41, 5.74) is 1.05. The number of Topliss-reactive ketones (excluding diaryl/α,β-unsaturated/α-hetero) is 1. The Morgan fingerprint density at radius 1 is 1.22 bits per heavy atom. The maximum atomic E-state index is 13.5. The maximum Gasteiger partial charge on any atom is 0.143 e. The third-order valence-corrected chi connectivity index (χ3v) is 2.74. The van der Waals surface area contributed by atoms with Crippen LogP contribution in [0, 0.1) is 5.82 Å². The second-order valence-electron chi connectivity index (χ2n) is 3.95. The van der Waals surface area contributed by atoms with E-state index in [1.54, 1.807) is 24.4 Å². The number of pyridine rings is 1. The van der Waals surface area contributed by atoms with Gasteiger partial charge in [0.2, 0.25) is 0 Å². The van der Waals surface area contributed by atoms with Gasteiger partial charge in [0, 0.05) is 29.8 Å². The molecule has 0 aliphatic rings. The lowest BCUT2D eigenvalue weighted by Crippen LogP contribution is -2.08. The molecule has 0 spiro atoms. The first kappa shape index (κ1) is 12.7. The first-order valence-corrected chi connectivity index (χ1v) is 5.88. The Hall–Kier alpha value is -1.74. The van der Waals surface area contributed by atoms with Gasteiger partial charge >= 0.3 is 0 Å². The predicted molar refractivity (Wildman–Crippen MR) is 68.1 cm³/mol. The zero-order valence-electron chi connectivity index (χ0n) is 9.57. The van der Waals surface area contributed by atoms with E-state index in [1.165, 1.54) is 12.1 Å². The first-order chi connectivity index (χ1) is 8.65. The van der Waals surface area contributed by atoms with Gasteiger partial charge in [-0.05, 0) is 29.8 Å². The van der Waals surface area contributed by atoms with Crippen molar-refractivity contribution < 1.29 is 9.18 Å². The fourth-order valence-corrected chi connectivity index (χ4v) is 1.80. The Labute approximate surface area is 109 Å². The second kappa shape index (κ2) is 5.74. The van der Waals surface area contributed by atoms with E-state index in [-0.39, 0.29) is 18.6 Å². The van der Waals surface area contributed by atoms with Crippen LogP contribution in [-0.2, 0) is 17.6 Å². The van der Waals surface area contributed by atoms with Gasteiger partial charge in [-0.2, -0.15) is 0 Å². The number of hydrogen-bond donors (Lipinski definition) is 0. The van der Waals surface area contributed by atoms with Crippen LogP contribution in [0.1, 0.15) is 11.3 Å². The standard InChI is InChI=1S/C14H11ClFNO/c15-11-5-4-10(14(16)8-11)7-13(18)9-12-3-1-2-6-17-12/h1-6,8H,7,9H2. The van der Waals surface area contributed by atoms with Gasteiger partial charge < -0.3 is 0 Å². The number of carbonyl (C=O) groups excluding carboxylic acids is 1. The van der Waals surface area contributed by atoms with Gasteiger partial charge in [-0.25, -0.2) is 4.39 Å². The Morgan fingerprint density at radius 2 is 2.06 bits per heavy atom. The zero-order valence-corrected chi connectivity index (χ0v) is 10.3. The van der Waals surface area contributed by atoms with E-state index in [1.807, 2.05) is 6.07 Å². The lowest BCUT2D eigenvalue weighted by Gasteiger charge is -2.03. The number of carbonyl (C=O) groups is 1. The summed E-state index contributed by atoms with van der Waals surface area (Å²) in [5, 5.41) is 0.327. The highest BCUT2D eigenvalue weighted by atomic mass is 35.5. The summed E-state index contributed by atoms with van der Waals surface area (Å²) in [6.45, 7) is 0. The molecule has 2 nitrogen and oxygen atoms in total. The topological polar surface area (TPSA) is 30.0 Å². The number of ketones is 1. The number of aromatic nitrogens is 1. The summed E-state index contributed by atoms with van der Waals surface area (Å²) in [5.74, 6) is -0.521. The minimum absolute atomic E-state index is 0.0551. The zero-order chi connectivity index (χ0) is 13.0. The van der Waals surface area contributed by atoms with Gasteiger partial charge in [0.15, 0.2) is 0 Å². The minimum Gasteiger partial charge on any atom is -0.299 e. The number of nitrogens with zero attached hydrogens (tertiary/aromatic N) is 1. The van der Waals surface area contributed by atoms with Gasteiger partial charge in [-0.1, -0.05) is 23.7 Å². The molecular formula is C14H11ClFNO. The largest absolute Gasteiger partial charge is 0.299 e. The second-order valence-corrected chi connectivity index (χ2v) is 4.39. The third-order valence-electron chi connectivity index (χ3n) is 2.51. The molecule has 92 valence electrons. The van der Waals surface area contributed by atoms with Crippen molar-refractivity contribution in [1.29, 1.82) is 0 Å². The molecule has 0 atom stereocenters. The summed E-state index contributed by atoms with van der Waals surface area (Å²) < 4.78 is 13.5. The predicted octanol–water partition coefficient (Wildman–Crippen LogP) is 3.23. The van der Waals surface area contributed by atoms with E-state index in [2.05, 4.69) is 4.98 Å². The molecule has 0 aliphatic carbocycles. The molecule has 0 amide bonds. The molecule has 0 N–H and O–H groups in total. The average Bonchev–Trinajstić information content (AvgIpc) is 2.34. The molecule has 0 unspecified atom stereocenters. The molecule has 0 saturated heterocycles. The van der Waals surface area contributed by atoms with Crippen LogP contribution >= 0.6 is 11.6 Å². The van der Waals surface area contributed by atoms with Crippen LogP contribution in [-0.4, -0.2) is 10.8 Å². The Bertz CT molecular complexity index is 557. The molecule has 0 saturated carbocycles. The highest BCUT2D eigenvalue weighted by molar-refractivity contribution is 6.30. The van der Waals surface area contributed by atoms with Crippen molar-refractivity contribution in [2.75, 3.05) is 0 Å². The number of benzene rings is 1. The van der Waals surface area contributed by atoms with E-state index in [4.69, 9.17) is 11.6 Å². The van der Waals surface area contributed by atoms with Crippen molar-refractivity contribution in [2.24, 2.45) is 0 Å². The third kappa shape index (κ3) is 3.37. The molecule has 2 aromatic rings. The van der Waals surface area contributed by atoms with E-state index in [9.17, 15) is 9.18 Å². The maximum absolute atomic E-state index is 13.5. The molecule has 0 bridgehead atoms. The highest BCUT2D eigenvalue weighted by Crippen LogP contribution is 2.15. The van der Waals surface area contributed by atoms with Crippen LogP contribution < -0.4 is 0 Å². The summed E-state index contributed by atoms with van der Waals surface area (Å²) in [4.78, 5) is 15.8. The van der Waals surface area contributed by atoms with Crippen LogP contribution in [0.3, 0.4) is 0 Å². The molecule has 1 aromatic heterocycles. The number of hydrogen-bond acceptors (Lipinski definition) is 2. The van der Waals surface area contributed by atoms with Crippen molar-refractivity contribution in [3.05, 3.63) is 64.7 Å². The Kier molecular flexibility index (Phi) is 4.05. The van der Waals surface area contributed by atoms with Crippen LogP contribution in [0.15, 0.2) is 42.6 Å². The van der Waals surface area contributed by atoms with Crippen molar-refractivity contribution in [2.45, 2.75) is 12.8 Å². The van der Waals surface area contributed by atoms with Crippen LogP contribution in [0.25, 0.3) is 0 Å². The molecule has 1 heterocycles. The van der Waals surface area contributed by atoms with Crippen LogP contribution in [0.5, 0.6) is 0 Å². The summed E-state index contributed by atoms with van der Waals surface area (Å²) in [6, 6.07) is 9.70. The molecule has 0 fully saturated rings. The van der Waals surface area contributed by atoms with Gasteiger partial charge in [-0.15, -0.1) is 0 Å². The fraction of sp³-hybridized carbons (Fsp3) is 0.143. The molecule has 0 aliphatic heterocycles. The molecular weight excluding hydrogens is 253 g/mol. The van der Waals surface area contributed by atoms with Gasteiger partial charge in [-0.3, -0.25) is 9.78 Å². The Morgan fingerprint density at radius 3 is 2.72 bits per heavy atom. The quantitative estimate of drug-likeness (QED) is 0.848. The van der Waals surface area contributed by atoms with Crippen molar-refractivity contribution in [3.63, 3.8) is 0 Å². The van der Waals surface area contributed by atoms with E-state index >= 15 is 0 Å². The van der Waals surface area contributed by atoms with Gasteiger partial charge in [0.1, 0.15) is 11.6 Å². The number of halogens is 2. The van der Waals surface area contributed by atoms with Crippen molar-refractivity contribution in [1.82, 2.24) is 4.98 Å². The SMILES string of the molecule is O=C(Cc1ccccn1)Cc1ccc(Cl)cc1F. The smallest absolute Gasteiger partial charge is 0.143 e. The number of rotatable bonds is 4. The van der Waals surface area contributed by atoms with Crippen molar-refractivity contribution >= 4 is 17.4 Å². The van der Waals surface area contributed by atoms with Gasteiger partial charge in [0.25, 0.3) is 0 Å². The Balaban J connectivity index is 2.03. The van der Waals surface area contributed by atoms with Gasteiger partial charge in [0.05, 0.1) is 0 Å². The minimum atomic E-state index is -0.447. The van der Waals surface area contributed by atoms with Crippen LogP contribution in [0.2, 0.25) is 5.02 Å². The lowest BCUT2D eigenvalue weighted by molar-refractivity contribution is -0.117. The molecule has 0 radical (unpaired) electrons. The average molecular weight is 264 g/mol. The first-order valence-electron chi connectivity index (χ1n) is 5.50. The monoisotopic (exact) mass is 263 g/mol. The summed E-state index contributed by atoms with van der Waals surface area (Å²) in [6.07, 6.45) is 1.90. The lowest BCUT2D eigenvalue weighted by atomic mass is 10.1.